The molecule has 0 aliphatic heterocycles. The van der Waals surface area contributed by atoms with E-state index in [0.717, 1.165) is 22.5 Å². The van der Waals surface area contributed by atoms with Crippen molar-refractivity contribution in [1.82, 2.24) is 9.78 Å². The lowest BCUT2D eigenvalue weighted by molar-refractivity contribution is -0.118. The number of hydrogen-bond donors (Lipinski definition) is 1. The van der Waals surface area contributed by atoms with Crippen LogP contribution in [0, 0.1) is 19.8 Å². The van der Waals surface area contributed by atoms with Crippen LogP contribution in [0.4, 0.5) is 5.69 Å². The summed E-state index contributed by atoms with van der Waals surface area (Å²) in [6, 6.07) is 6.86. The van der Waals surface area contributed by atoms with Gasteiger partial charge in [-0.05, 0) is 51.5 Å². The van der Waals surface area contributed by atoms with Crippen molar-refractivity contribution < 1.29 is 9.59 Å². The molecule has 5 nitrogen and oxygen atoms in total. The molecule has 0 radical (unpaired) electrons. The van der Waals surface area contributed by atoms with Crippen molar-refractivity contribution in [2.45, 2.75) is 41.0 Å². The first-order chi connectivity index (χ1) is 11.7. The lowest BCUT2D eigenvalue weighted by Gasteiger charge is -2.09. The maximum Gasteiger partial charge on any atom is 0.278 e. The van der Waals surface area contributed by atoms with Crippen LogP contribution >= 0.6 is 0 Å². The van der Waals surface area contributed by atoms with Gasteiger partial charge in [-0.2, -0.15) is 5.10 Å². The topological polar surface area (TPSA) is 64.0 Å². The van der Waals surface area contributed by atoms with Crippen LogP contribution in [-0.2, 0) is 11.2 Å². The van der Waals surface area contributed by atoms with Crippen molar-refractivity contribution in [3.8, 4) is 0 Å². The Bertz CT molecular complexity index is 814. The smallest absolute Gasteiger partial charge is 0.278 e. The molecule has 0 saturated heterocycles. The highest BCUT2D eigenvalue weighted by molar-refractivity contribution is 5.97. The van der Waals surface area contributed by atoms with E-state index in [-0.39, 0.29) is 17.7 Å². The molecule has 0 atom stereocenters. The zero-order valence-electron chi connectivity index (χ0n) is 15.5. The van der Waals surface area contributed by atoms with Gasteiger partial charge in [-0.15, -0.1) is 0 Å². The van der Waals surface area contributed by atoms with E-state index in [1.54, 1.807) is 24.3 Å². The number of hydrogen-bond acceptors (Lipinski definition) is 3. The number of nitrogens with one attached hydrogen (secondary N) is 1. The van der Waals surface area contributed by atoms with Crippen LogP contribution < -0.4 is 5.32 Å². The maximum atomic E-state index is 12.8. The fourth-order valence-electron chi connectivity index (χ4n) is 2.54. The minimum atomic E-state index is -0.185. The summed E-state index contributed by atoms with van der Waals surface area (Å²) in [4.78, 5) is 24.5. The summed E-state index contributed by atoms with van der Waals surface area (Å²) in [5, 5.41) is 7.20. The van der Waals surface area contributed by atoms with Crippen molar-refractivity contribution in [2.24, 2.45) is 5.92 Å². The highest BCUT2D eigenvalue weighted by Crippen LogP contribution is 2.19. The molecule has 0 aliphatic carbocycles. The van der Waals surface area contributed by atoms with Crippen LogP contribution in [0.15, 0.2) is 36.4 Å². The second kappa shape index (κ2) is 7.47. The average Bonchev–Trinajstić information content (AvgIpc) is 2.82. The van der Waals surface area contributed by atoms with E-state index < -0.39 is 0 Å². The third kappa shape index (κ3) is 4.24. The van der Waals surface area contributed by atoms with Crippen molar-refractivity contribution in [2.75, 3.05) is 5.32 Å². The number of benzene rings is 1. The number of carbonyl (C=O) groups excluding carboxylic acids is 2. The van der Waals surface area contributed by atoms with Crippen LogP contribution in [0.1, 0.15) is 48.1 Å². The largest absolute Gasteiger partial charge is 0.326 e. The molecule has 1 N–H and O–H groups in total. The Morgan fingerprint density at radius 1 is 1.20 bits per heavy atom. The fraction of sp³-hybridized carbons (Fsp3) is 0.350. The third-order valence-electron chi connectivity index (χ3n) is 4.04. The summed E-state index contributed by atoms with van der Waals surface area (Å²) >= 11 is 0. The Morgan fingerprint density at radius 2 is 1.80 bits per heavy atom. The molecule has 0 saturated carbocycles. The number of nitrogens with zero attached hydrogens (tertiary/aromatic N) is 2. The van der Waals surface area contributed by atoms with E-state index in [1.807, 2.05) is 34.6 Å². The van der Waals surface area contributed by atoms with Gasteiger partial charge >= 0.3 is 0 Å². The van der Waals surface area contributed by atoms with Crippen LogP contribution in [-0.4, -0.2) is 21.6 Å². The first-order valence-electron chi connectivity index (χ1n) is 8.35. The Morgan fingerprint density at radius 3 is 2.32 bits per heavy atom. The standard InChI is InChI=1S/C20H25N3O2/c1-12(2)11-18-14(5)22-23(15(18)6)20(25)16-7-9-17(10-8-16)21-19(24)13(3)4/h7-10,13H,1,11H2,2-6H3,(H,21,24). The van der Waals surface area contributed by atoms with Crippen LogP contribution in [0.5, 0.6) is 0 Å². The van der Waals surface area contributed by atoms with Crippen molar-refractivity contribution in [1.29, 1.82) is 0 Å². The first kappa shape index (κ1) is 18.6. The van der Waals surface area contributed by atoms with E-state index >= 15 is 0 Å². The van der Waals surface area contributed by atoms with Gasteiger partial charge in [0.05, 0.1) is 5.69 Å². The summed E-state index contributed by atoms with van der Waals surface area (Å²) in [7, 11) is 0. The Balaban J connectivity index is 2.24. The summed E-state index contributed by atoms with van der Waals surface area (Å²) in [5.74, 6) is -0.333. The van der Waals surface area contributed by atoms with Crippen LogP contribution in [0.3, 0.4) is 0 Å². The van der Waals surface area contributed by atoms with Gasteiger partial charge in [0.2, 0.25) is 5.91 Å². The highest BCUT2D eigenvalue weighted by Gasteiger charge is 2.18. The van der Waals surface area contributed by atoms with Gasteiger partial charge < -0.3 is 5.32 Å². The lowest BCUT2D eigenvalue weighted by atomic mass is 10.1. The third-order valence-corrected chi connectivity index (χ3v) is 4.04. The summed E-state index contributed by atoms with van der Waals surface area (Å²) in [5.41, 5.74) is 4.95. The maximum absolute atomic E-state index is 12.8. The average molecular weight is 339 g/mol. The zero-order chi connectivity index (χ0) is 18.7. The van der Waals surface area contributed by atoms with Crippen molar-refractivity contribution in [3.63, 3.8) is 0 Å². The normalized spacial score (nSPS) is 10.8. The number of rotatable bonds is 5. The lowest BCUT2D eigenvalue weighted by Crippen LogP contribution is -2.18. The summed E-state index contributed by atoms with van der Waals surface area (Å²) in [6.07, 6.45) is 0.713. The number of anilines is 1. The van der Waals surface area contributed by atoms with E-state index in [4.69, 9.17) is 0 Å². The molecule has 0 spiro atoms. The molecular weight excluding hydrogens is 314 g/mol. The van der Waals surface area contributed by atoms with Gasteiger partial charge in [0.25, 0.3) is 5.91 Å². The molecule has 5 heteroatoms. The van der Waals surface area contributed by atoms with Crippen LogP contribution in [0.2, 0.25) is 0 Å². The van der Waals surface area contributed by atoms with Gasteiger partial charge in [-0.3, -0.25) is 9.59 Å². The summed E-state index contributed by atoms with van der Waals surface area (Å²) in [6.45, 7) is 13.4. The Labute approximate surface area is 148 Å². The molecule has 0 aliphatic rings. The second-order valence-electron chi connectivity index (χ2n) is 6.72. The van der Waals surface area contributed by atoms with Gasteiger partial charge in [0.1, 0.15) is 0 Å². The predicted molar refractivity (Wildman–Crippen MR) is 99.9 cm³/mol. The van der Waals surface area contributed by atoms with Gasteiger partial charge in [-0.25, -0.2) is 4.68 Å². The van der Waals surface area contributed by atoms with E-state index in [9.17, 15) is 9.59 Å². The molecule has 1 heterocycles. The molecule has 0 fully saturated rings. The number of aryl methyl sites for hydroxylation is 1. The Hall–Kier alpha value is -2.69. The SMILES string of the molecule is C=C(C)Cc1c(C)nn(C(=O)c2ccc(NC(=O)C(C)C)cc2)c1C. The predicted octanol–water partition coefficient (Wildman–Crippen LogP) is 3.90. The van der Waals surface area contributed by atoms with E-state index in [2.05, 4.69) is 17.0 Å². The number of aromatic nitrogens is 2. The number of carbonyl (C=O) groups is 2. The summed E-state index contributed by atoms with van der Waals surface area (Å²) < 4.78 is 1.44. The van der Waals surface area contributed by atoms with Crippen molar-refractivity contribution in [3.05, 3.63) is 58.9 Å². The van der Waals surface area contributed by atoms with Gasteiger partial charge in [0.15, 0.2) is 0 Å². The molecule has 132 valence electrons. The molecule has 2 rings (SSSR count). The second-order valence-corrected chi connectivity index (χ2v) is 6.72. The van der Waals surface area contributed by atoms with Gasteiger partial charge in [-0.1, -0.05) is 26.0 Å². The molecule has 0 unspecified atom stereocenters. The molecule has 0 bridgehead atoms. The molecular formula is C20H25N3O2. The zero-order valence-corrected chi connectivity index (χ0v) is 15.5. The molecule has 1 amide bonds. The molecule has 2 aromatic rings. The first-order valence-corrected chi connectivity index (χ1v) is 8.35. The van der Waals surface area contributed by atoms with E-state index in [1.165, 1.54) is 4.68 Å². The quantitative estimate of drug-likeness (QED) is 0.840. The fourth-order valence-corrected chi connectivity index (χ4v) is 2.54. The monoisotopic (exact) mass is 339 g/mol. The van der Waals surface area contributed by atoms with Crippen molar-refractivity contribution >= 4 is 17.5 Å². The van der Waals surface area contributed by atoms with Gasteiger partial charge in [0, 0.05) is 28.4 Å². The molecule has 1 aromatic carbocycles. The van der Waals surface area contributed by atoms with Crippen LogP contribution in [0.25, 0.3) is 0 Å². The minimum absolute atomic E-state index is 0.0536. The number of amides is 1. The minimum Gasteiger partial charge on any atom is -0.326 e. The molecule has 1 aromatic heterocycles. The highest BCUT2D eigenvalue weighted by atomic mass is 16.2. The molecule has 25 heavy (non-hydrogen) atoms. The number of allylic oxidation sites excluding steroid dienone is 1. The Kier molecular flexibility index (Phi) is 5.57. The van der Waals surface area contributed by atoms with E-state index in [0.29, 0.717) is 17.7 Å².